The molecular formula is C16H18N4OS. The minimum atomic E-state index is -0.304. The van der Waals surface area contributed by atoms with Gasteiger partial charge in [0.2, 0.25) is 0 Å². The summed E-state index contributed by atoms with van der Waals surface area (Å²) in [6.45, 7) is 6.06. The standard InChI is InChI=1S/C16H18N4OS/c1-9-6-7-10(2)14-13(9)19(4)16(22-14)17-15(21)12-8-11(3)20(5)18-12/h6-8H,1-5H3. The highest BCUT2D eigenvalue weighted by Crippen LogP contribution is 2.24. The van der Waals surface area contributed by atoms with Crippen molar-refractivity contribution < 1.29 is 4.79 Å². The Morgan fingerprint density at radius 3 is 2.45 bits per heavy atom. The van der Waals surface area contributed by atoms with Crippen molar-refractivity contribution in [3.63, 3.8) is 0 Å². The first-order chi connectivity index (χ1) is 10.4. The molecule has 0 fully saturated rings. The quantitative estimate of drug-likeness (QED) is 0.693. The lowest BCUT2D eigenvalue weighted by Gasteiger charge is -2.01. The van der Waals surface area contributed by atoms with Crippen LogP contribution in [0.3, 0.4) is 0 Å². The molecule has 1 aromatic carbocycles. The van der Waals surface area contributed by atoms with Crippen molar-refractivity contribution in [2.45, 2.75) is 20.8 Å². The van der Waals surface area contributed by atoms with Gasteiger partial charge in [-0.25, -0.2) is 0 Å². The van der Waals surface area contributed by atoms with E-state index >= 15 is 0 Å². The fraction of sp³-hybridized carbons (Fsp3) is 0.312. The fourth-order valence-corrected chi connectivity index (χ4v) is 3.64. The van der Waals surface area contributed by atoms with Crippen molar-refractivity contribution in [2.24, 2.45) is 19.1 Å². The van der Waals surface area contributed by atoms with Crippen LogP contribution in [0.1, 0.15) is 27.3 Å². The van der Waals surface area contributed by atoms with Gasteiger partial charge in [-0.3, -0.25) is 9.48 Å². The second-order valence-electron chi connectivity index (χ2n) is 5.53. The van der Waals surface area contributed by atoms with Gasteiger partial charge in [0.05, 0.1) is 10.2 Å². The molecule has 0 aliphatic heterocycles. The van der Waals surface area contributed by atoms with Gasteiger partial charge in [0.25, 0.3) is 5.91 Å². The van der Waals surface area contributed by atoms with Crippen molar-refractivity contribution >= 4 is 27.5 Å². The smallest absolute Gasteiger partial charge is 0.300 e. The number of fused-ring (bicyclic) bond motifs is 1. The number of carbonyl (C=O) groups excluding carboxylic acids is 1. The second kappa shape index (κ2) is 5.21. The number of thiazole rings is 1. The summed E-state index contributed by atoms with van der Waals surface area (Å²) in [5.41, 5.74) is 4.83. The maximum atomic E-state index is 12.3. The molecule has 1 amide bonds. The van der Waals surface area contributed by atoms with Gasteiger partial charge in [-0.1, -0.05) is 23.5 Å². The number of rotatable bonds is 1. The summed E-state index contributed by atoms with van der Waals surface area (Å²) < 4.78 is 4.84. The van der Waals surface area contributed by atoms with E-state index in [0.717, 1.165) is 11.2 Å². The molecule has 114 valence electrons. The predicted octanol–water partition coefficient (Wildman–Crippen LogP) is 2.64. The van der Waals surface area contributed by atoms with Crippen molar-refractivity contribution in [3.05, 3.63) is 45.5 Å². The number of aromatic nitrogens is 3. The number of amides is 1. The molecule has 0 unspecified atom stereocenters. The van der Waals surface area contributed by atoms with Crippen LogP contribution in [0.4, 0.5) is 0 Å². The highest BCUT2D eigenvalue weighted by Gasteiger charge is 2.12. The van der Waals surface area contributed by atoms with Gasteiger partial charge in [0.1, 0.15) is 0 Å². The first-order valence-electron chi connectivity index (χ1n) is 7.04. The Morgan fingerprint density at radius 2 is 1.86 bits per heavy atom. The molecule has 0 spiro atoms. The van der Waals surface area contributed by atoms with Crippen molar-refractivity contribution in [1.29, 1.82) is 0 Å². The Balaban J connectivity index is 2.17. The first kappa shape index (κ1) is 14.7. The minimum Gasteiger partial charge on any atom is -0.319 e. The number of hydrogen-bond acceptors (Lipinski definition) is 3. The van der Waals surface area contributed by atoms with Crippen LogP contribution in [0.15, 0.2) is 23.2 Å². The van der Waals surface area contributed by atoms with Crippen molar-refractivity contribution in [3.8, 4) is 0 Å². The topological polar surface area (TPSA) is 52.2 Å². The maximum Gasteiger partial charge on any atom is 0.300 e. The molecule has 2 aromatic heterocycles. The molecule has 0 bridgehead atoms. The fourth-order valence-electron chi connectivity index (χ4n) is 2.48. The zero-order chi connectivity index (χ0) is 16.0. The van der Waals surface area contributed by atoms with E-state index in [1.165, 1.54) is 27.2 Å². The van der Waals surface area contributed by atoms with Crippen LogP contribution < -0.4 is 4.80 Å². The van der Waals surface area contributed by atoms with Crippen LogP contribution in [-0.4, -0.2) is 20.3 Å². The van der Waals surface area contributed by atoms with E-state index in [-0.39, 0.29) is 5.91 Å². The van der Waals surface area contributed by atoms with E-state index < -0.39 is 0 Å². The van der Waals surface area contributed by atoms with Crippen LogP contribution in [0.25, 0.3) is 10.2 Å². The van der Waals surface area contributed by atoms with E-state index in [0.29, 0.717) is 10.5 Å². The Labute approximate surface area is 132 Å². The molecule has 6 heteroatoms. The zero-order valence-electron chi connectivity index (χ0n) is 13.3. The highest BCUT2D eigenvalue weighted by atomic mass is 32.1. The summed E-state index contributed by atoms with van der Waals surface area (Å²) in [6, 6.07) is 5.95. The van der Waals surface area contributed by atoms with Gasteiger partial charge in [-0.05, 0) is 38.0 Å². The van der Waals surface area contributed by atoms with Gasteiger partial charge in [0.15, 0.2) is 10.5 Å². The summed E-state index contributed by atoms with van der Waals surface area (Å²) in [5.74, 6) is -0.304. The van der Waals surface area contributed by atoms with Gasteiger partial charge >= 0.3 is 0 Å². The summed E-state index contributed by atoms with van der Waals surface area (Å²) in [5, 5.41) is 4.19. The lowest BCUT2D eigenvalue weighted by molar-refractivity contribution is 0.0992. The van der Waals surface area contributed by atoms with E-state index in [9.17, 15) is 4.79 Å². The largest absolute Gasteiger partial charge is 0.319 e. The van der Waals surface area contributed by atoms with Crippen LogP contribution in [-0.2, 0) is 14.1 Å². The number of carbonyl (C=O) groups is 1. The molecule has 3 aromatic rings. The Bertz CT molecular complexity index is 939. The van der Waals surface area contributed by atoms with Crippen LogP contribution in [0.5, 0.6) is 0 Å². The third kappa shape index (κ3) is 2.29. The third-order valence-electron chi connectivity index (χ3n) is 3.88. The minimum absolute atomic E-state index is 0.304. The zero-order valence-corrected chi connectivity index (χ0v) is 14.2. The lowest BCUT2D eigenvalue weighted by Crippen LogP contribution is -2.14. The summed E-state index contributed by atoms with van der Waals surface area (Å²) in [4.78, 5) is 17.3. The monoisotopic (exact) mass is 314 g/mol. The number of hydrogen-bond donors (Lipinski definition) is 0. The molecule has 22 heavy (non-hydrogen) atoms. The average molecular weight is 314 g/mol. The molecule has 0 saturated heterocycles. The van der Waals surface area contributed by atoms with E-state index in [2.05, 4.69) is 36.1 Å². The molecule has 0 atom stereocenters. The van der Waals surface area contributed by atoms with E-state index in [4.69, 9.17) is 0 Å². The number of benzene rings is 1. The number of aryl methyl sites for hydroxylation is 5. The normalized spacial score (nSPS) is 12.3. The van der Waals surface area contributed by atoms with Crippen molar-refractivity contribution in [1.82, 2.24) is 14.3 Å². The number of nitrogens with zero attached hydrogens (tertiary/aromatic N) is 4. The Morgan fingerprint density at radius 1 is 1.18 bits per heavy atom. The molecule has 3 rings (SSSR count). The average Bonchev–Trinajstić information content (AvgIpc) is 2.97. The van der Waals surface area contributed by atoms with Crippen molar-refractivity contribution in [2.75, 3.05) is 0 Å². The molecule has 2 heterocycles. The molecule has 0 aliphatic rings. The first-order valence-corrected chi connectivity index (χ1v) is 7.85. The van der Waals surface area contributed by atoms with Gasteiger partial charge in [-0.15, -0.1) is 0 Å². The summed E-state index contributed by atoms with van der Waals surface area (Å²) in [6.07, 6.45) is 0. The third-order valence-corrected chi connectivity index (χ3v) is 5.14. The molecule has 0 radical (unpaired) electrons. The van der Waals surface area contributed by atoms with Gasteiger partial charge in [-0.2, -0.15) is 10.1 Å². The highest BCUT2D eigenvalue weighted by molar-refractivity contribution is 7.16. The summed E-state index contributed by atoms with van der Waals surface area (Å²) in [7, 11) is 3.76. The SMILES string of the molecule is Cc1ccc(C)c2c1sc(=NC(=O)c1cc(C)n(C)n1)n2C. The van der Waals surface area contributed by atoms with E-state index in [1.54, 1.807) is 10.7 Å². The molecular weight excluding hydrogens is 296 g/mol. The summed E-state index contributed by atoms with van der Waals surface area (Å²) >= 11 is 1.54. The molecule has 0 saturated carbocycles. The molecule has 0 aliphatic carbocycles. The Kier molecular flexibility index (Phi) is 3.48. The lowest BCUT2D eigenvalue weighted by atomic mass is 10.1. The van der Waals surface area contributed by atoms with Gasteiger partial charge in [0, 0.05) is 19.8 Å². The second-order valence-corrected chi connectivity index (χ2v) is 6.51. The van der Waals surface area contributed by atoms with E-state index in [1.807, 2.05) is 25.6 Å². The Hall–Kier alpha value is -2.21. The van der Waals surface area contributed by atoms with Gasteiger partial charge < -0.3 is 4.57 Å². The molecule has 5 nitrogen and oxygen atoms in total. The molecule has 0 N–H and O–H groups in total. The maximum absolute atomic E-state index is 12.3. The van der Waals surface area contributed by atoms with Crippen LogP contribution in [0.2, 0.25) is 0 Å². The predicted molar refractivity (Wildman–Crippen MR) is 88.1 cm³/mol. The van der Waals surface area contributed by atoms with Crippen LogP contribution in [0, 0.1) is 20.8 Å². The van der Waals surface area contributed by atoms with Crippen LogP contribution >= 0.6 is 11.3 Å².